The molecule has 0 N–H and O–H groups in total. The lowest BCUT2D eigenvalue weighted by atomic mass is 9.93. The molecule has 0 aromatic rings. The SMILES string of the molecule is CCC(C)N1CCC(CN2CC(OCC(C)C)C2)CC1. The predicted molar refractivity (Wildman–Crippen MR) is 85.1 cm³/mol. The molecule has 118 valence electrons. The highest BCUT2D eigenvalue weighted by Gasteiger charge is 2.30. The fraction of sp³-hybridized carbons (Fsp3) is 1.00. The molecule has 0 saturated carbocycles. The Hall–Kier alpha value is -0.120. The second-order valence-electron chi connectivity index (χ2n) is 7.30. The van der Waals surface area contributed by atoms with E-state index in [4.69, 9.17) is 4.74 Å². The maximum absolute atomic E-state index is 5.87. The van der Waals surface area contributed by atoms with Gasteiger partial charge in [-0.3, -0.25) is 4.90 Å². The summed E-state index contributed by atoms with van der Waals surface area (Å²) in [5.74, 6) is 1.58. The molecule has 0 bridgehead atoms. The van der Waals surface area contributed by atoms with Gasteiger partial charge in [0.2, 0.25) is 0 Å². The van der Waals surface area contributed by atoms with Gasteiger partial charge in [-0.05, 0) is 51.1 Å². The van der Waals surface area contributed by atoms with Crippen molar-refractivity contribution >= 4 is 0 Å². The Balaban J connectivity index is 1.56. The molecule has 3 heteroatoms. The van der Waals surface area contributed by atoms with Crippen molar-refractivity contribution in [3.63, 3.8) is 0 Å². The maximum Gasteiger partial charge on any atom is 0.0828 e. The van der Waals surface area contributed by atoms with Crippen molar-refractivity contribution in [2.75, 3.05) is 39.3 Å². The summed E-state index contributed by atoms with van der Waals surface area (Å²) in [6, 6.07) is 0.772. The van der Waals surface area contributed by atoms with E-state index in [9.17, 15) is 0 Å². The molecule has 2 aliphatic rings. The average Bonchev–Trinajstić information content (AvgIpc) is 2.40. The minimum atomic E-state index is 0.512. The van der Waals surface area contributed by atoms with Crippen molar-refractivity contribution in [2.45, 2.75) is 59.1 Å². The molecule has 2 saturated heterocycles. The van der Waals surface area contributed by atoms with Gasteiger partial charge in [0, 0.05) is 32.3 Å². The minimum absolute atomic E-state index is 0.512. The fourth-order valence-electron chi connectivity index (χ4n) is 3.31. The molecule has 1 atom stereocenters. The zero-order valence-electron chi connectivity index (χ0n) is 14.0. The van der Waals surface area contributed by atoms with Crippen LogP contribution < -0.4 is 0 Å². The number of ether oxygens (including phenoxy) is 1. The van der Waals surface area contributed by atoms with Crippen molar-refractivity contribution in [2.24, 2.45) is 11.8 Å². The van der Waals surface area contributed by atoms with E-state index in [1.807, 2.05) is 0 Å². The van der Waals surface area contributed by atoms with E-state index in [2.05, 4.69) is 37.5 Å². The number of likely N-dealkylation sites (tertiary alicyclic amines) is 2. The van der Waals surface area contributed by atoms with Crippen LogP contribution in [0.3, 0.4) is 0 Å². The summed E-state index contributed by atoms with van der Waals surface area (Å²) in [7, 11) is 0. The van der Waals surface area contributed by atoms with Crippen LogP contribution in [-0.4, -0.2) is 61.3 Å². The third kappa shape index (κ3) is 4.71. The number of nitrogens with zero attached hydrogens (tertiary/aromatic N) is 2. The van der Waals surface area contributed by atoms with Gasteiger partial charge in [0.15, 0.2) is 0 Å². The van der Waals surface area contributed by atoms with Crippen LogP contribution in [0.25, 0.3) is 0 Å². The number of rotatable bonds is 7. The summed E-state index contributed by atoms with van der Waals surface area (Å²) in [5, 5.41) is 0. The van der Waals surface area contributed by atoms with Crippen LogP contribution in [-0.2, 0) is 4.74 Å². The van der Waals surface area contributed by atoms with E-state index in [0.717, 1.165) is 31.7 Å². The number of hydrogen-bond acceptors (Lipinski definition) is 3. The third-order valence-corrected chi connectivity index (χ3v) is 4.97. The Kier molecular flexibility index (Phi) is 6.31. The molecule has 0 radical (unpaired) electrons. The van der Waals surface area contributed by atoms with Gasteiger partial charge in [-0.25, -0.2) is 0 Å². The molecule has 0 aromatic carbocycles. The van der Waals surface area contributed by atoms with Crippen molar-refractivity contribution in [3.05, 3.63) is 0 Å². The first-order valence-electron chi connectivity index (χ1n) is 8.66. The van der Waals surface area contributed by atoms with Gasteiger partial charge >= 0.3 is 0 Å². The molecule has 2 heterocycles. The lowest BCUT2D eigenvalue weighted by molar-refractivity contribution is -0.0698. The number of piperidine rings is 1. The summed E-state index contributed by atoms with van der Waals surface area (Å²) in [6.45, 7) is 16.3. The smallest absolute Gasteiger partial charge is 0.0828 e. The summed E-state index contributed by atoms with van der Waals surface area (Å²) in [6.07, 6.45) is 4.57. The van der Waals surface area contributed by atoms with Crippen molar-refractivity contribution in [1.82, 2.24) is 9.80 Å². The molecule has 0 aromatic heterocycles. The van der Waals surface area contributed by atoms with E-state index in [1.54, 1.807) is 0 Å². The molecule has 1 unspecified atom stereocenters. The zero-order chi connectivity index (χ0) is 14.5. The van der Waals surface area contributed by atoms with Crippen molar-refractivity contribution in [1.29, 1.82) is 0 Å². The first-order chi connectivity index (χ1) is 9.58. The topological polar surface area (TPSA) is 15.7 Å². The molecule has 0 spiro atoms. The Morgan fingerprint density at radius 2 is 1.75 bits per heavy atom. The molecule has 20 heavy (non-hydrogen) atoms. The van der Waals surface area contributed by atoms with Gasteiger partial charge < -0.3 is 9.64 Å². The zero-order valence-corrected chi connectivity index (χ0v) is 14.0. The Morgan fingerprint density at radius 1 is 1.10 bits per heavy atom. The lowest BCUT2D eigenvalue weighted by Gasteiger charge is -2.43. The Bertz CT molecular complexity index is 268. The van der Waals surface area contributed by atoms with Gasteiger partial charge in [-0.1, -0.05) is 20.8 Å². The van der Waals surface area contributed by atoms with Crippen LogP contribution >= 0.6 is 0 Å². The van der Waals surface area contributed by atoms with E-state index in [1.165, 1.54) is 38.9 Å². The van der Waals surface area contributed by atoms with E-state index in [0.29, 0.717) is 12.0 Å². The second-order valence-corrected chi connectivity index (χ2v) is 7.30. The van der Waals surface area contributed by atoms with E-state index >= 15 is 0 Å². The van der Waals surface area contributed by atoms with Gasteiger partial charge in [0.25, 0.3) is 0 Å². The third-order valence-electron chi connectivity index (χ3n) is 4.97. The van der Waals surface area contributed by atoms with Gasteiger partial charge in [0.05, 0.1) is 6.10 Å². The summed E-state index contributed by atoms with van der Waals surface area (Å²) in [5.41, 5.74) is 0. The van der Waals surface area contributed by atoms with Crippen LogP contribution in [0.2, 0.25) is 0 Å². The first kappa shape index (κ1) is 16.3. The molecule has 0 aliphatic carbocycles. The Morgan fingerprint density at radius 3 is 2.30 bits per heavy atom. The van der Waals surface area contributed by atoms with Crippen molar-refractivity contribution < 1.29 is 4.74 Å². The molecule has 2 rings (SSSR count). The normalized spacial score (nSPS) is 25.1. The van der Waals surface area contributed by atoms with Crippen LogP contribution in [0.4, 0.5) is 0 Å². The van der Waals surface area contributed by atoms with Gasteiger partial charge in [-0.15, -0.1) is 0 Å². The van der Waals surface area contributed by atoms with Crippen LogP contribution in [0, 0.1) is 11.8 Å². The summed E-state index contributed by atoms with van der Waals surface area (Å²) < 4.78 is 5.87. The first-order valence-corrected chi connectivity index (χ1v) is 8.66. The molecular formula is C17H34N2O. The number of hydrogen-bond donors (Lipinski definition) is 0. The molecule has 3 nitrogen and oxygen atoms in total. The van der Waals surface area contributed by atoms with E-state index < -0.39 is 0 Å². The highest BCUT2D eigenvalue weighted by molar-refractivity contribution is 4.85. The Labute approximate surface area is 125 Å². The highest BCUT2D eigenvalue weighted by Crippen LogP contribution is 2.23. The minimum Gasteiger partial charge on any atom is -0.375 e. The van der Waals surface area contributed by atoms with Crippen LogP contribution in [0.1, 0.15) is 47.0 Å². The molecule has 2 fully saturated rings. The molecular weight excluding hydrogens is 248 g/mol. The van der Waals surface area contributed by atoms with E-state index in [-0.39, 0.29) is 0 Å². The predicted octanol–water partition coefficient (Wildman–Crippen LogP) is 2.85. The van der Waals surface area contributed by atoms with Crippen LogP contribution in [0.15, 0.2) is 0 Å². The molecule has 2 aliphatic heterocycles. The van der Waals surface area contributed by atoms with Crippen molar-refractivity contribution in [3.8, 4) is 0 Å². The van der Waals surface area contributed by atoms with Gasteiger partial charge in [0.1, 0.15) is 0 Å². The quantitative estimate of drug-likeness (QED) is 0.714. The lowest BCUT2D eigenvalue weighted by Crippen LogP contribution is -2.54. The average molecular weight is 282 g/mol. The maximum atomic E-state index is 5.87. The second kappa shape index (κ2) is 7.77. The summed E-state index contributed by atoms with van der Waals surface area (Å²) >= 11 is 0. The largest absolute Gasteiger partial charge is 0.375 e. The summed E-state index contributed by atoms with van der Waals surface area (Å²) in [4.78, 5) is 5.26. The fourth-order valence-corrected chi connectivity index (χ4v) is 3.31. The highest BCUT2D eigenvalue weighted by atomic mass is 16.5. The van der Waals surface area contributed by atoms with Crippen LogP contribution in [0.5, 0.6) is 0 Å². The molecule has 0 amide bonds. The standard InChI is InChI=1S/C17H34N2O/c1-5-15(4)19-8-6-16(7-9-19)10-18-11-17(12-18)20-13-14(2)3/h14-17H,5-13H2,1-4H3. The monoisotopic (exact) mass is 282 g/mol. The van der Waals surface area contributed by atoms with Gasteiger partial charge in [-0.2, -0.15) is 0 Å².